The lowest BCUT2D eigenvalue weighted by atomic mass is 10.3. The summed E-state index contributed by atoms with van der Waals surface area (Å²) in [4.78, 5) is 3.33. The van der Waals surface area contributed by atoms with Gasteiger partial charge in [0.25, 0.3) is 0 Å². The number of thioether (sulfide) groups is 1. The minimum Gasteiger partial charge on any atom is -0.350 e. The van der Waals surface area contributed by atoms with Crippen LogP contribution in [0.3, 0.4) is 0 Å². The Morgan fingerprint density at radius 3 is 3.00 bits per heavy atom. The Morgan fingerprint density at radius 1 is 1.47 bits per heavy atom. The fourth-order valence-electron chi connectivity index (χ4n) is 1.38. The van der Waals surface area contributed by atoms with Gasteiger partial charge in [-0.2, -0.15) is 5.26 Å². The van der Waals surface area contributed by atoms with Crippen molar-refractivity contribution in [3.63, 3.8) is 0 Å². The van der Waals surface area contributed by atoms with Gasteiger partial charge < -0.3 is 4.98 Å². The van der Waals surface area contributed by atoms with Crippen LogP contribution >= 0.6 is 11.8 Å². The minimum absolute atomic E-state index is 0.0985. The molecule has 0 aliphatic carbocycles. The molecular weight excluding hydrogens is 204 g/mol. The van der Waals surface area contributed by atoms with E-state index in [0.717, 1.165) is 16.3 Å². The average Bonchev–Trinajstić information content (AvgIpc) is 2.68. The number of H-pyrrole nitrogens is 1. The first-order chi connectivity index (χ1) is 7.29. The van der Waals surface area contributed by atoms with Crippen LogP contribution in [0.25, 0.3) is 10.9 Å². The molecule has 0 aliphatic heterocycles. The molecule has 0 spiro atoms. The summed E-state index contributed by atoms with van der Waals surface area (Å²) in [6.45, 7) is 1.94. The van der Waals surface area contributed by atoms with Gasteiger partial charge in [-0.3, -0.25) is 0 Å². The van der Waals surface area contributed by atoms with E-state index in [-0.39, 0.29) is 5.92 Å². The van der Waals surface area contributed by atoms with Crippen LogP contribution in [0.2, 0.25) is 0 Å². The van der Waals surface area contributed by atoms with Gasteiger partial charge in [0.05, 0.1) is 17.0 Å². The fourth-order valence-corrected chi connectivity index (χ4v) is 2.27. The third kappa shape index (κ3) is 2.34. The summed E-state index contributed by atoms with van der Waals surface area (Å²) < 4.78 is 0. The van der Waals surface area contributed by atoms with Crippen LogP contribution in [-0.4, -0.2) is 10.7 Å². The second-order valence-corrected chi connectivity index (χ2v) is 4.62. The van der Waals surface area contributed by atoms with E-state index in [2.05, 4.69) is 29.3 Å². The van der Waals surface area contributed by atoms with Crippen molar-refractivity contribution in [2.24, 2.45) is 5.92 Å². The maximum absolute atomic E-state index is 8.68. The van der Waals surface area contributed by atoms with Gasteiger partial charge in [0.2, 0.25) is 0 Å². The third-order valence-electron chi connectivity index (χ3n) is 2.21. The Bertz CT molecular complexity index is 463. The van der Waals surface area contributed by atoms with E-state index in [1.165, 1.54) is 5.39 Å². The number of para-hydroxylation sites is 1. The van der Waals surface area contributed by atoms with Crippen LogP contribution in [0.4, 0.5) is 0 Å². The zero-order valence-corrected chi connectivity index (χ0v) is 9.34. The molecule has 1 unspecified atom stereocenters. The highest BCUT2D eigenvalue weighted by atomic mass is 32.2. The maximum Gasteiger partial charge on any atom is 0.0732 e. The maximum atomic E-state index is 8.68. The van der Waals surface area contributed by atoms with E-state index in [9.17, 15) is 0 Å². The molecule has 0 fully saturated rings. The number of fused-ring (bicyclic) bond motifs is 1. The standard InChI is InChI=1S/C12H12N2S/c1-9(7-13)8-15-12-6-10-4-2-3-5-11(10)14-12/h2-6,9,14H,8H2,1H3. The summed E-state index contributed by atoms with van der Waals surface area (Å²) in [5, 5.41) is 11.0. The zero-order chi connectivity index (χ0) is 10.7. The van der Waals surface area contributed by atoms with Crippen molar-refractivity contribution in [2.75, 3.05) is 5.75 Å². The highest BCUT2D eigenvalue weighted by molar-refractivity contribution is 7.99. The van der Waals surface area contributed by atoms with Crippen LogP contribution in [0.15, 0.2) is 35.4 Å². The number of aromatic nitrogens is 1. The van der Waals surface area contributed by atoms with E-state index in [1.54, 1.807) is 11.8 Å². The summed E-state index contributed by atoms with van der Waals surface area (Å²) >= 11 is 1.70. The van der Waals surface area contributed by atoms with Crippen molar-refractivity contribution in [1.82, 2.24) is 4.98 Å². The van der Waals surface area contributed by atoms with Crippen molar-refractivity contribution < 1.29 is 0 Å². The molecule has 76 valence electrons. The van der Waals surface area contributed by atoms with Gasteiger partial charge in [0.15, 0.2) is 0 Å². The largest absolute Gasteiger partial charge is 0.350 e. The van der Waals surface area contributed by atoms with Crippen LogP contribution in [0.1, 0.15) is 6.92 Å². The van der Waals surface area contributed by atoms with Crippen LogP contribution < -0.4 is 0 Å². The SMILES string of the molecule is CC(C#N)CSc1cc2ccccc2[nH]1. The van der Waals surface area contributed by atoms with Gasteiger partial charge in [-0.15, -0.1) is 11.8 Å². The molecule has 1 atom stereocenters. The molecule has 1 aromatic carbocycles. The zero-order valence-electron chi connectivity index (χ0n) is 8.53. The minimum atomic E-state index is 0.0985. The Morgan fingerprint density at radius 2 is 2.27 bits per heavy atom. The van der Waals surface area contributed by atoms with Gasteiger partial charge in [0, 0.05) is 16.7 Å². The summed E-state index contributed by atoms with van der Waals surface area (Å²) in [5.74, 6) is 0.935. The van der Waals surface area contributed by atoms with Crippen LogP contribution in [0.5, 0.6) is 0 Å². The topological polar surface area (TPSA) is 39.6 Å². The lowest BCUT2D eigenvalue weighted by molar-refractivity contribution is 0.863. The van der Waals surface area contributed by atoms with Crippen molar-refractivity contribution >= 4 is 22.7 Å². The van der Waals surface area contributed by atoms with Gasteiger partial charge in [-0.05, 0) is 19.1 Å². The molecule has 1 N–H and O–H groups in total. The number of rotatable bonds is 3. The van der Waals surface area contributed by atoms with Crippen molar-refractivity contribution in [1.29, 1.82) is 5.26 Å². The predicted octanol–water partition coefficient (Wildman–Crippen LogP) is 3.42. The normalized spacial score (nSPS) is 12.5. The number of benzene rings is 1. The molecule has 3 heteroatoms. The molecule has 2 aromatic rings. The van der Waals surface area contributed by atoms with Crippen molar-refractivity contribution in [3.8, 4) is 6.07 Å². The van der Waals surface area contributed by atoms with Gasteiger partial charge in [-0.25, -0.2) is 0 Å². The number of aromatic amines is 1. The van der Waals surface area contributed by atoms with Crippen molar-refractivity contribution in [2.45, 2.75) is 11.9 Å². The number of nitrogens with zero attached hydrogens (tertiary/aromatic N) is 1. The van der Waals surface area contributed by atoms with E-state index in [1.807, 2.05) is 19.1 Å². The lowest BCUT2D eigenvalue weighted by Gasteiger charge is -1.98. The first-order valence-electron chi connectivity index (χ1n) is 4.90. The molecule has 0 radical (unpaired) electrons. The smallest absolute Gasteiger partial charge is 0.0732 e. The van der Waals surface area contributed by atoms with Crippen LogP contribution in [-0.2, 0) is 0 Å². The molecule has 1 aromatic heterocycles. The first kappa shape index (κ1) is 10.1. The average molecular weight is 216 g/mol. The van der Waals surface area contributed by atoms with Gasteiger partial charge in [0.1, 0.15) is 0 Å². The number of nitriles is 1. The number of nitrogens with one attached hydrogen (secondary N) is 1. The summed E-state index contributed by atoms with van der Waals surface area (Å²) in [6, 6.07) is 12.6. The Kier molecular flexibility index (Phi) is 2.98. The molecule has 0 bridgehead atoms. The molecule has 0 aliphatic rings. The molecule has 0 amide bonds. The Hall–Kier alpha value is -1.40. The molecule has 15 heavy (non-hydrogen) atoms. The third-order valence-corrected chi connectivity index (χ3v) is 3.41. The molecule has 2 nitrogen and oxygen atoms in total. The first-order valence-corrected chi connectivity index (χ1v) is 5.88. The summed E-state index contributed by atoms with van der Waals surface area (Å²) in [6.07, 6.45) is 0. The Labute approximate surface area is 93.3 Å². The quantitative estimate of drug-likeness (QED) is 0.798. The number of hydrogen-bond donors (Lipinski definition) is 1. The fraction of sp³-hybridized carbons (Fsp3) is 0.250. The Balaban J connectivity index is 2.13. The molecule has 2 rings (SSSR count). The molecular formula is C12H12N2S. The van der Waals surface area contributed by atoms with Crippen molar-refractivity contribution in [3.05, 3.63) is 30.3 Å². The molecule has 0 saturated heterocycles. The summed E-state index contributed by atoms with van der Waals surface area (Å²) in [7, 11) is 0. The lowest BCUT2D eigenvalue weighted by Crippen LogP contribution is -1.92. The van der Waals surface area contributed by atoms with E-state index < -0.39 is 0 Å². The van der Waals surface area contributed by atoms with E-state index >= 15 is 0 Å². The monoisotopic (exact) mass is 216 g/mol. The highest BCUT2D eigenvalue weighted by Crippen LogP contribution is 2.24. The summed E-state index contributed by atoms with van der Waals surface area (Å²) in [5.41, 5.74) is 1.16. The number of hydrogen-bond acceptors (Lipinski definition) is 2. The van der Waals surface area contributed by atoms with Crippen LogP contribution in [0, 0.1) is 17.2 Å². The second-order valence-electron chi connectivity index (χ2n) is 3.56. The highest BCUT2D eigenvalue weighted by Gasteiger charge is 2.03. The molecule has 0 saturated carbocycles. The molecule has 1 heterocycles. The van der Waals surface area contributed by atoms with Gasteiger partial charge >= 0.3 is 0 Å². The predicted molar refractivity (Wildman–Crippen MR) is 63.8 cm³/mol. The van der Waals surface area contributed by atoms with Gasteiger partial charge in [-0.1, -0.05) is 18.2 Å². The van der Waals surface area contributed by atoms with E-state index in [4.69, 9.17) is 5.26 Å². The van der Waals surface area contributed by atoms with E-state index in [0.29, 0.717) is 0 Å². The second kappa shape index (κ2) is 4.41.